The third-order valence-corrected chi connectivity index (χ3v) is 4.37. The normalized spacial score (nSPS) is 17.8. The van der Waals surface area contributed by atoms with E-state index < -0.39 is 0 Å². The van der Waals surface area contributed by atoms with E-state index in [0.29, 0.717) is 31.2 Å². The molecule has 1 saturated heterocycles. The number of nitrogens with zero attached hydrogens (tertiary/aromatic N) is 5. The van der Waals surface area contributed by atoms with Crippen LogP contribution in [-0.4, -0.2) is 49.9 Å². The first-order valence-electron chi connectivity index (χ1n) is 8.27. The lowest BCUT2D eigenvalue weighted by atomic mass is 10.2. The second kappa shape index (κ2) is 6.25. The van der Waals surface area contributed by atoms with Gasteiger partial charge in [0.2, 0.25) is 0 Å². The molecule has 25 heavy (non-hydrogen) atoms. The summed E-state index contributed by atoms with van der Waals surface area (Å²) < 4.78 is 7.69. The quantitative estimate of drug-likeness (QED) is 0.715. The summed E-state index contributed by atoms with van der Waals surface area (Å²) in [7, 11) is 0. The SMILES string of the molecule is Cc1ccnc([C@H]2CN(C(=O)c3cn4c(C)cccc4n3)CCO2)n1. The van der Waals surface area contributed by atoms with Crippen molar-refractivity contribution in [2.24, 2.45) is 0 Å². The lowest BCUT2D eigenvalue weighted by molar-refractivity contribution is -0.0270. The molecule has 1 aliphatic rings. The second-order valence-corrected chi connectivity index (χ2v) is 6.19. The molecule has 0 saturated carbocycles. The molecule has 0 bridgehead atoms. The first-order valence-corrected chi connectivity index (χ1v) is 8.27. The number of amides is 1. The van der Waals surface area contributed by atoms with Gasteiger partial charge in [-0.05, 0) is 32.0 Å². The Balaban J connectivity index is 1.57. The van der Waals surface area contributed by atoms with E-state index in [0.717, 1.165) is 17.0 Å². The minimum atomic E-state index is -0.309. The number of pyridine rings is 1. The number of hydrogen-bond acceptors (Lipinski definition) is 5. The van der Waals surface area contributed by atoms with Gasteiger partial charge in [0.25, 0.3) is 5.91 Å². The number of aromatic nitrogens is 4. The molecule has 1 aliphatic heterocycles. The smallest absolute Gasteiger partial charge is 0.274 e. The number of carbonyl (C=O) groups excluding carboxylic acids is 1. The van der Waals surface area contributed by atoms with Gasteiger partial charge in [0.05, 0.1) is 13.2 Å². The summed E-state index contributed by atoms with van der Waals surface area (Å²) in [5.41, 5.74) is 3.14. The molecule has 7 heteroatoms. The minimum Gasteiger partial charge on any atom is -0.367 e. The van der Waals surface area contributed by atoms with Gasteiger partial charge in [0.15, 0.2) is 5.82 Å². The van der Waals surface area contributed by atoms with Crippen molar-refractivity contribution < 1.29 is 9.53 Å². The molecule has 1 amide bonds. The molecule has 7 nitrogen and oxygen atoms in total. The molecular weight excluding hydrogens is 318 g/mol. The fourth-order valence-electron chi connectivity index (χ4n) is 3.03. The third kappa shape index (κ3) is 2.98. The summed E-state index contributed by atoms with van der Waals surface area (Å²) in [6, 6.07) is 7.66. The highest BCUT2D eigenvalue weighted by molar-refractivity contribution is 5.93. The summed E-state index contributed by atoms with van der Waals surface area (Å²) in [6.07, 6.45) is 3.20. The molecule has 4 heterocycles. The second-order valence-electron chi connectivity index (χ2n) is 6.19. The Morgan fingerprint density at radius 1 is 1.24 bits per heavy atom. The van der Waals surface area contributed by atoms with Crippen molar-refractivity contribution in [2.75, 3.05) is 19.7 Å². The van der Waals surface area contributed by atoms with Crippen LogP contribution in [0.1, 0.15) is 33.8 Å². The van der Waals surface area contributed by atoms with Crippen LogP contribution in [0.5, 0.6) is 0 Å². The highest BCUT2D eigenvalue weighted by Gasteiger charge is 2.29. The van der Waals surface area contributed by atoms with Crippen molar-refractivity contribution in [3.05, 3.63) is 59.6 Å². The van der Waals surface area contributed by atoms with Crippen molar-refractivity contribution in [2.45, 2.75) is 20.0 Å². The van der Waals surface area contributed by atoms with Crippen LogP contribution in [0, 0.1) is 13.8 Å². The fourth-order valence-corrected chi connectivity index (χ4v) is 3.03. The molecule has 0 N–H and O–H groups in total. The average Bonchev–Trinajstić information content (AvgIpc) is 3.07. The Kier molecular flexibility index (Phi) is 3.93. The van der Waals surface area contributed by atoms with Crippen LogP contribution >= 0.6 is 0 Å². The maximum Gasteiger partial charge on any atom is 0.274 e. The summed E-state index contributed by atoms with van der Waals surface area (Å²) in [4.78, 5) is 27.8. The number of hydrogen-bond donors (Lipinski definition) is 0. The molecule has 3 aromatic rings. The molecule has 1 atom stereocenters. The first kappa shape index (κ1) is 15.7. The van der Waals surface area contributed by atoms with E-state index in [9.17, 15) is 4.79 Å². The number of fused-ring (bicyclic) bond motifs is 1. The van der Waals surface area contributed by atoms with Gasteiger partial charge in [0.1, 0.15) is 17.4 Å². The zero-order valence-electron chi connectivity index (χ0n) is 14.2. The van der Waals surface area contributed by atoms with E-state index in [1.807, 2.05) is 42.5 Å². The molecule has 128 valence electrons. The summed E-state index contributed by atoms with van der Waals surface area (Å²) in [5.74, 6) is 0.521. The van der Waals surface area contributed by atoms with Crippen LogP contribution < -0.4 is 0 Å². The van der Waals surface area contributed by atoms with Crippen LogP contribution in [0.25, 0.3) is 5.65 Å². The number of ether oxygens (including phenoxy) is 1. The third-order valence-electron chi connectivity index (χ3n) is 4.37. The predicted molar refractivity (Wildman–Crippen MR) is 91.3 cm³/mol. The summed E-state index contributed by atoms with van der Waals surface area (Å²) in [6.45, 7) is 5.32. The van der Waals surface area contributed by atoms with E-state index in [4.69, 9.17) is 4.74 Å². The van der Waals surface area contributed by atoms with Crippen LogP contribution in [0.3, 0.4) is 0 Å². The van der Waals surface area contributed by atoms with Crippen molar-refractivity contribution in [1.29, 1.82) is 0 Å². The van der Waals surface area contributed by atoms with Crippen molar-refractivity contribution in [3.63, 3.8) is 0 Å². The molecule has 0 spiro atoms. The summed E-state index contributed by atoms with van der Waals surface area (Å²) in [5, 5.41) is 0. The number of imidazole rings is 1. The predicted octanol–water partition coefficient (Wildman–Crippen LogP) is 1.95. The molecule has 0 aliphatic carbocycles. The Bertz CT molecular complexity index is 936. The maximum absolute atomic E-state index is 12.9. The Labute approximate surface area is 145 Å². The highest BCUT2D eigenvalue weighted by Crippen LogP contribution is 2.21. The van der Waals surface area contributed by atoms with Gasteiger partial charge in [-0.15, -0.1) is 0 Å². The Morgan fingerprint density at radius 3 is 2.92 bits per heavy atom. The largest absolute Gasteiger partial charge is 0.367 e. The van der Waals surface area contributed by atoms with Gasteiger partial charge in [0, 0.05) is 30.3 Å². The van der Waals surface area contributed by atoms with Crippen molar-refractivity contribution >= 4 is 11.6 Å². The lowest BCUT2D eigenvalue weighted by Gasteiger charge is -2.31. The Hall–Kier alpha value is -2.80. The monoisotopic (exact) mass is 337 g/mol. The van der Waals surface area contributed by atoms with E-state index in [-0.39, 0.29) is 12.0 Å². The van der Waals surface area contributed by atoms with Crippen molar-refractivity contribution in [1.82, 2.24) is 24.3 Å². The van der Waals surface area contributed by atoms with Gasteiger partial charge in [-0.1, -0.05) is 6.07 Å². The van der Waals surface area contributed by atoms with Gasteiger partial charge in [-0.25, -0.2) is 15.0 Å². The topological polar surface area (TPSA) is 72.6 Å². The zero-order valence-corrected chi connectivity index (χ0v) is 14.2. The number of morpholine rings is 1. The lowest BCUT2D eigenvalue weighted by Crippen LogP contribution is -2.42. The van der Waals surface area contributed by atoms with Crippen molar-refractivity contribution in [3.8, 4) is 0 Å². The summed E-state index contributed by atoms with van der Waals surface area (Å²) >= 11 is 0. The van der Waals surface area contributed by atoms with Gasteiger partial charge in [-0.2, -0.15) is 0 Å². The molecule has 3 aromatic heterocycles. The number of carbonyl (C=O) groups is 1. The highest BCUT2D eigenvalue weighted by atomic mass is 16.5. The molecule has 0 aromatic carbocycles. The number of aryl methyl sites for hydroxylation is 2. The Morgan fingerprint density at radius 2 is 2.12 bits per heavy atom. The van der Waals surface area contributed by atoms with Gasteiger partial charge < -0.3 is 14.0 Å². The zero-order chi connectivity index (χ0) is 17.4. The molecule has 0 unspecified atom stereocenters. The van der Waals surface area contributed by atoms with E-state index in [2.05, 4.69) is 15.0 Å². The van der Waals surface area contributed by atoms with E-state index >= 15 is 0 Å². The van der Waals surface area contributed by atoms with Gasteiger partial charge >= 0.3 is 0 Å². The maximum atomic E-state index is 12.9. The van der Waals surface area contributed by atoms with Crippen LogP contribution in [0.15, 0.2) is 36.7 Å². The first-order chi connectivity index (χ1) is 12.1. The van der Waals surface area contributed by atoms with Crippen LogP contribution in [-0.2, 0) is 4.74 Å². The standard InChI is InChI=1S/C18H19N5O2/c1-12-6-7-19-17(20-12)15-11-22(8-9-25-15)18(24)14-10-23-13(2)4-3-5-16(23)21-14/h3-7,10,15H,8-9,11H2,1-2H3/t15-/m1/s1. The minimum absolute atomic E-state index is 0.0935. The van der Waals surface area contributed by atoms with E-state index in [1.54, 1.807) is 17.3 Å². The molecular formula is C18H19N5O2. The van der Waals surface area contributed by atoms with Gasteiger partial charge in [-0.3, -0.25) is 4.79 Å². The average molecular weight is 337 g/mol. The van der Waals surface area contributed by atoms with Crippen LogP contribution in [0.2, 0.25) is 0 Å². The molecule has 0 radical (unpaired) electrons. The number of rotatable bonds is 2. The van der Waals surface area contributed by atoms with Crippen LogP contribution in [0.4, 0.5) is 0 Å². The molecule has 4 rings (SSSR count). The molecule has 1 fully saturated rings. The fraction of sp³-hybridized carbons (Fsp3) is 0.333. The van der Waals surface area contributed by atoms with E-state index in [1.165, 1.54) is 0 Å².